The fraction of sp³-hybridized carbons (Fsp3) is 0.0800. The molecule has 3 aromatic rings. The number of ketones is 2. The Morgan fingerprint density at radius 3 is 2.00 bits per heavy atom. The van der Waals surface area contributed by atoms with Gasteiger partial charge in [-0.1, -0.05) is 54.6 Å². The summed E-state index contributed by atoms with van der Waals surface area (Å²) in [5.41, 5.74) is 1.34. The first-order valence-corrected chi connectivity index (χ1v) is 9.68. The van der Waals surface area contributed by atoms with E-state index in [1.54, 1.807) is 48.5 Å². The number of allylic oxidation sites excluding steroid dienone is 2. The molecular weight excluding hydrogens is 394 g/mol. The number of rotatable bonds is 6. The van der Waals surface area contributed by atoms with Crippen molar-refractivity contribution in [3.05, 3.63) is 107 Å². The van der Waals surface area contributed by atoms with E-state index >= 15 is 0 Å². The van der Waals surface area contributed by atoms with Gasteiger partial charge < -0.3 is 14.8 Å². The van der Waals surface area contributed by atoms with Crippen LogP contribution < -0.4 is 14.8 Å². The van der Waals surface area contributed by atoms with Crippen molar-refractivity contribution in [2.24, 2.45) is 0 Å². The molecule has 1 aliphatic carbocycles. The molecule has 0 spiro atoms. The average Bonchev–Trinajstić information content (AvgIpc) is 2.79. The van der Waals surface area contributed by atoms with Crippen molar-refractivity contribution >= 4 is 17.5 Å². The van der Waals surface area contributed by atoms with E-state index < -0.39 is 17.5 Å². The molecule has 4 rings (SSSR count). The number of hydrogen-bond donors (Lipinski definition) is 1. The molecule has 0 saturated heterocycles. The highest BCUT2D eigenvalue weighted by atomic mass is 16.5. The van der Waals surface area contributed by atoms with Gasteiger partial charge >= 0.3 is 0 Å². The van der Waals surface area contributed by atoms with Crippen molar-refractivity contribution < 1.29 is 23.9 Å². The van der Waals surface area contributed by atoms with E-state index in [-0.39, 0.29) is 22.6 Å². The molecule has 3 aromatic carbocycles. The highest BCUT2D eigenvalue weighted by Crippen LogP contribution is 2.28. The van der Waals surface area contributed by atoms with Gasteiger partial charge in [-0.05, 0) is 29.8 Å². The number of nitrogens with one attached hydrogen (secondary N) is 1. The molecule has 0 heterocycles. The number of carbonyl (C=O) groups is 3. The van der Waals surface area contributed by atoms with Crippen LogP contribution in [0.4, 0.5) is 0 Å². The SMILES string of the molecule is CC(=O)NC1=C(Oc2ccc(OCc3ccccc3)cc2)C(=O)c2ccccc2C1=O. The fourth-order valence-electron chi connectivity index (χ4n) is 3.20. The van der Waals surface area contributed by atoms with Gasteiger partial charge in [0.2, 0.25) is 23.2 Å². The smallest absolute Gasteiger partial charge is 0.231 e. The Kier molecular flexibility index (Phi) is 5.62. The Bertz CT molecular complexity index is 1180. The number of Topliss-reactive ketones (excluding diaryl/α,β-unsaturated/α-hetero) is 2. The van der Waals surface area contributed by atoms with Crippen LogP contribution in [0.5, 0.6) is 11.5 Å². The molecular formula is C25H19NO5. The van der Waals surface area contributed by atoms with Crippen LogP contribution in [0, 0.1) is 0 Å². The zero-order chi connectivity index (χ0) is 21.8. The summed E-state index contributed by atoms with van der Waals surface area (Å²) in [5, 5.41) is 2.44. The number of hydrogen-bond acceptors (Lipinski definition) is 5. The minimum absolute atomic E-state index is 0.166. The minimum atomic E-state index is -0.471. The Balaban J connectivity index is 1.56. The summed E-state index contributed by atoms with van der Waals surface area (Å²) < 4.78 is 11.5. The highest BCUT2D eigenvalue weighted by Gasteiger charge is 2.34. The van der Waals surface area contributed by atoms with E-state index in [1.165, 1.54) is 6.92 Å². The van der Waals surface area contributed by atoms with Crippen LogP contribution in [0.3, 0.4) is 0 Å². The van der Waals surface area contributed by atoms with E-state index in [0.29, 0.717) is 18.1 Å². The van der Waals surface area contributed by atoms with Crippen LogP contribution in [0.2, 0.25) is 0 Å². The van der Waals surface area contributed by atoms with Gasteiger partial charge in [0, 0.05) is 18.1 Å². The van der Waals surface area contributed by atoms with Gasteiger partial charge in [-0.3, -0.25) is 14.4 Å². The third-order valence-corrected chi connectivity index (χ3v) is 4.67. The van der Waals surface area contributed by atoms with Crippen molar-refractivity contribution in [1.29, 1.82) is 0 Å². The van der Waals surface area contributed by atoms with E-state index in [4.69, 9.17) is 9.47 Å². The van der Waals surface area contributed by atoms with Gasteiger partial charge in [0.15, 0.2) is 0 Å². The summed E-state index contributed by atoms with van der Waals surface area (Å²) >= 11 is 0. The van der Waals surface area contributed by atoms with E-state index in [2.05, 4.69) is 5.32 Å². The lowest BCUT2D eigenvalue weighted by molar-refractivity contribution is -0.118. The topological polar surface area (TPSA) is 81.7 Å². The predicted molar refractivity (Wildman–Crippen MR) is 114 cm³/mol. The number of ether oxygens (including phenoxy) is 2. The second kappa shape index (κ2) is 8.67. The standard InChI is InChI=1S/C25H19NO5/c1-16(27)26-22-23(28)20-9-5-6-10-21(20)24(29)25(22)31-19-13-11-18(12-14-19)30-15-17-7-3-2-4-8-17/h2-14H,15H2,1H3,(H,26,27). The zero-order valence-corrected chi connectivity index (χ0v) is 16.8. The minimum Gasteiger partial charge on any atom is -0.489 e. The Morgan fingerprint density at radius 1 is 0.774 bits per heavy atom. The Hall–Kier alpha value is -4.19. The zero-order valence-electron chi connectivity index (χ0n) is 16.8. The maximum absolute atomic E-state index is 13.0. The molecule has 0 radical (unpaired) electrons. The third-order valence-electron chi connectivity index (χ3n) is 4.67. The summed E-state index contributed by atoms with van der Waals surface area (Å²) in [4.78, 5) is 37.4. The summed E-state index contributed by atoms with van der Waals surface area (Å²) in [6, 6.07) is 22.9. The quantitative estimate of drug-likeness (QED) is 0.659. The molecule has 0 aromatic heterocycles. The van der Waals surface area contributed by atoms with Gasteiger partial charge in [0.25, 0.3) is 0 Å². The second-order valence-corrected chi connectivity index (χ2v) is 6.94. The van der Waals surface area contributed by atoms with Crippen LogP contribution in [0.15, 0.2) is 90.3 Å². The molecule has 6 nitrogen and oxygen atoms in total. The lowest BCUT2D eigenvalue weighted by Crippen LogP contribution is -2.34. The maximum atomic E-state index is 13.0. The van der Waals surface area contributed by atoms with Crippen LogP contribution >= 0.6 is 0 Å². The van der Waals surface area contributed by atoms with Crippen molar-refractivity contribution in [1.82, 2.24) is 5.32 Å². The van der Waals surface area contributed by atoms with Crippen LogP contribution in [0.25, 0.3) is 0 Å². The normalized spacial score (nSPS) is 12.9. The van der Waals surface area contributed by atoms with Gasteiger partial charge in [0.05, 0.1) is 0 Å². The number of benzene rings is 3. The number of fused-ring (bicyclic) bond motifs is 1. The molecule has 0 bridgehead atoms. The highest BCUT2D eigenvalue weighted by molar-refractivity contribution is 6.26. The molecule has 1 amide bonds. The first kappa shape index (κ1) is 20.1. The predicted octanol–water partition coefficient (Wildman–Crippen LogP) is 4.07. The van der Waals surface area contributed by atoms with Crippen molar-refractivity contribution in [3.8, 4) is 11.5 Å². The van der Waals surface area contributed by atoms with E-state index in [1.807, 2.05) is 30.3 Å². The first-order valence-electron chi connectivity index (χ1n) is 9.68. The maximum Gasteiger partial charge on any atom is 0.231 e. The third kappa shape index (κ3) is 4.38. The Morgan fingerprint density at radius 2 is 1.35 bits per heavy atom. The molecule has 0 saturated carbocycles. The van der Waals surface area contributed by atoms with Gasteiger partial charge in [-0.25, -0.2) is 0 Å². The molecule has 1 N–H and O–H groups in total. The monoisotopic (exact) mass is 413 g/mol. The molecule has 0 aliphatic heterocycles. The van der Waals surface area contributed by atoms with Crippen molar-refractivity contribution in [3.63, 3.8) is 0 Å². The summed E-state index contributed by atoms with van der Waals surface area (Å²) in [7, 11) is 0. The number of carbonyl (C=O) groups excluding carboxylic acids is 3. The molecule has 1 aliphatic rings. The molecule has 0 atom stereocenters. The molecule has 0 fully saturated rings. The lowest BCUT2D eigenvalue weighted by Gasteiger charge is -2.21. The van der Waals surface area contributed by atoms with Crippen LogP contribution in [0.1, 0.15) is 33.2 Å². The first-order chi connectivity index (χ1) is 15.0. The lowest BCUT2D eigenvalue weighted by atomic mass is 9.91. The summed E-state index contributed by atoms with van der Waals surface area (Å²) in [5.74, 6) is -0.654. The van der Waals surface area contributed by atoms with E-state index in [9.17, 15) is 14.4 Å². The summed E-state index contributed by atoms with van der Waals surface area (Å²) in [6.45, 7) is 1.68. The Labute approximate surface area is 179 Å². The summed E-state index contributed by atoms with van der Waals surface area (Å²) in [6.07, 6.45) is 0. The van der Waals surface area contributed by atoms with Crippen LogP contribution in [-0.2, 0) is 11.4 Å². The van der Waals surface area contributed by atoms with Crippen molar-refractivity contribution in [2.75, 3.05) is 0 Å². The number of amides is 1. The average molecular weight is 413 g/mol. The van der Waals surface area contributed by atoms with Gasteiger partial charge in [-0.2, -0.15) is 0 Å². The molecule has 154 valence electrons. The van der Waals surface area contributed by atoms with E-state index in [0.717, 1.165) is 5.56 Å². The van der Waals surface area contributed by atoms with Gasteiger partial charge in [0.1, 0.15) is 23.8 Å². The molecule has 6 heteroatoms. The molecule has 31 heavy (non-hydrogen) atoms. The van der Waals surface area contributed by atoms with Crippen molar-refractivity contribution in [2.45, 2.75) is 13.5 Å². The van der Waals surface area contributed by atoms with Crippen LogP contribution in [-0.4, -0.2) is 17.5 Å². The fourth-order valence-corrected chi connectivity index (χ4v) is 3.20. The second-order valence-electron chi connectivity index (χ2n) is 6.94. The molecule has 0 unspecified atom stereocenters. The largest absolute Gasteiger partial charge is 0.489 e. The van der Waals surface area contributed by atoms with Gasteiger partial charge in [-0.15, -0.1) is 0 Å².